The minimum absolute atomic E-state index is 0.0183. The first kappa shape index (κ1) is 23.4. The zero-order valence-electron chi connectivity index (χ0n) is 18.0. The molecule has 2 unspecified atom stereocenters. The summed E-state index contributed by atoms with van der Waals surface area (Å²) in [7, 11) is -3.71. The van der Waals surface area contributed by atoms with Gasteiger partial charge < -0.3 is 4.90 Å². The summed E-state index contributed by atoms with van der Waals surface area (Å²) in [5.41, 5.74) is 7.12. The Kier molecular flexibility index (Phi) is 7.26. The Morgan fingerprint density at radius 1 is 1.03 bits per heavy atom. The Morgan fingerprint density at radius 2 is 1.66 bits per heavy atom. The van der Waals surface area contributed by atoms with Crippen molar-refractivity contribution in [3.63, 3.8) is 0 Å². The van der Waals surface area contributed by atoms with Crippen LogP contribution in [0.4, 0.5) is 11.4 Å². The quantitative estimate of drug-likeness (QED) is 0.332. The van der Waals surface area contributed by atoms with Crippen LogP contribution in [-0.2, 0) is 24.4 Å². The van der Waals surface area contributed by atoms with E-state index in [-0.39, 0.29) is 29.4 Å². The molecule has 2 aromatic rings. The molecule has 0 saturated carbocycles. The smallest absolute Gasteiger partial charge is 0.261 e. The second-order valence-corrected chi connectivity index (χ2v) is 9.64. The number of rotatable bonds is 8. The molecule has 0 radical (unpaired) electrons. The van der Waals surface area contributed by atoms with Crippen LogP contribution in [0.1, 0.15) is 18.9 Å². The molecule has 2 aromatic carbocycles. The van der Waals surface area contributed by atoms with Crippen LogP contribution in [0.5, 0.6) is 0 Å². The molecular formula is C22H27N4O5S+. The fourth-order valence-electron chi connectivity index (χ4n) is 3.50. The van der Waals surface area contributed by atoms with Crippen LogP contribution in [0.25, 0.3) is 0 Å². The Morgan fingerprint density at radius 3 is 2.28 bits per heavy atom. The second kappa shape index (κ2) is 9.92. The molecule has 170 valence electrons. The molecule has 0 spiro atoms. The number of anilines is 2. The zero-order valence-corrected chi connectivity index (χ0v) is 18.8. The first-order chi connectivity index (χ1) is 15.1. The Hall–Kier alpha value is -3.24. The number of benzene rings is 2. The number of quaternary nitrogens is 1. The van der Waals surface area contributed by atoms with E-state index >= 15 is 0 Å². The van der Waals surface area contributed by atoms with Gasteiger partial charge in [0.2, 0.25) is 0 Å². The third-order valence-electron chi connectivity index (χ3n) is 5.22. The summed E-state index contributed by atoms with van der Waals surface area (Å²) in [5, 5.41) is 0. The van der Waals surface area contributed by atoms with Gasteiger partial charge in [-0.2, -0.15) is 0 Å². The third-order valence-corrected chi connectivity index (χ3v) is 6.62. The molecule has 9 nitrogen and oxygen atoms in total. The van der Waals surface area contributed by atoms with E-state index in [0.717, 1.165) is 10.5 Å². The first-order valence-corrected chi connectivity index (χ1v) is 11.7. The number of sulfonamides is 1. The summed E-state index contributed by atoms with van der Waals surface area (Å²) in [5.74, 6) is -1.40. The van der Waals surface area contributed by atoms with Gasteiger partial charge in [-0.1, -0.05) is 17.7 Å². The molecule has 0 bridgehead atoms. The number of hydrogen-bond donors (Lipinski definition) is 4. The lowest BCUT2D eigenvalue weighted by molar-refractivity contribution is -0.895. The predicted molar refractivity (Wildman–Crippen MR) is 120 cm³/mol. The van der Waals surface area contributed by atoms with Crippen molar-refractivity contribution in [1.29, 1.82) is 0 Å². The van der Waals surface area contributed by atoms with Crippen LogP contribution in [-0.4, -0.2) is 45.5 Å². The number of amides is 1. The fourth-order valence-corrected chi connectivity index (χ4v) is 4.56. The average Bonchev–Trinajstić information content (AvgIpc) is 2.74. The number of hydrazine groups is 1. The van der Waals surface area contributed by atoms with E-state index in [1.54, 1.807) is 36.4 Å². The SMILES string of the molecule is CC(=O)C[NH+]1CCC(=O)C(C(=O)NNc2ccc(NS(=O)(=O)c3ccc(C)cc3)cc2)C1. The highest BCUT2D eigenvalue weighted by Gasteiger charge is 2.36. The number of hydrogen-bond acceptors (Lipinski definition) is 6. The highest BCUT2D eigenvalue weighted by atomic mass is 32.2. The number of carbonyl (C=O) groups is 3. The van der Waals surface area contributed by atoms with Gasteiger partial charge in [0.25, 0.3) is 15.9 Å². The van der Waals surface area contributed by atoms with E-state index in [1.165, 1.54) is 19.1 Å². The van der Waals surface area contributed by atoms with Crippen molar-refractivity contribution < 1.29 is 27.7 Å². The fraction of sp³-hybridized carbons (Fsp3) is 0.318. The van der Waals surface area contributed by atoms with Gasteiger partial charge in [0.15, 0.2) is 11.6 Å². The van der Waals surface area contributed by atoms with E-state index in [9.17, 15) is 22.8 Å². The van der Waals surface area contributed by atoms with Crippen LogP contribution >= 0.6 is 0 Å². The minimum Gasteiger partial charge on any atom is -0.327 e. The molecule has 1 amide bonds. The van der Waals surface area contributed by atoms with Crippen LogP contribution in [0.3, 0.4) is 0 Å². The third kappa shape index (κ3) is 6.14. The van der Waals surface area contributed by atoms with Crippen molar-refractivity contribution in [2.24, 2.45) is 5.92 Å². The number of carbonyl (C=O) groups excluding carboxylic acids is 3. The molecule has 1 fully saturated rings. The van der Waals surface area contributed by atoms with Gasteiger partial charge >= 0.3 is 0 Å². The predicted octanol–water partition coefficient (Wildman–Crippen LogP) is 0.302. The maximum Gasteiger partial charge on any atom is 0.261 e. The Labute approximate surface area is 187 Å². The molecule has 10 heteroatoms. The summed E-state index contributed by atoms with van der Waals surface area (Å²) in [6, 6.07) is 12.8. The summed E-state index contributed by atoms with van der Waals surface area (Å²) in [4.78, 5) is 37.0. The molecule has 0 aliphatic carbocycles. The van der Waals surface area contributed by atoms with Crippen molar-refractivity contribution in [3.8, 4) is 0 Å². The Balaban J connectivity index is 1.56. The molecule has 4 N–H and O–H groups in total. The number of nitrogens with one attached hydrogen (secondary N) is 4. The van der Waals surface area contributed by atoms with E-state index in [0.29, 0.717) is 24.5 Å². The molecule has 3 rings (SSSR count). The maximum absolute atomic E-state index is 12.5. The maximum atomic E-state index is 12.5. The number of Topliss-reactive ketones (excluding diaryl/α,β-unsaturated/α-hetero) is 2. The van der Waals surface area contributed by atoms with Gasteiger partial charge in [0.05, 0.1) is 30.1 Å². The van der Waals surface area contributed by atoms with Crippen molar-refractivity contribution >= 4 is 38.9 Å². The van der Waals surface area contributed by atoms with E-state index < -0.39 is 21.8 Å². The van der Waals surface area contributed by atoms with E-state index in [1.807, 2.05) is 6.92 Å². The topological polar surface area (TPSA) is 126 Å². The number of likely N-dealkylation sites (tertiary alicyclic amines) is 1. The molecule has 1 saturated heterocycles. The highest BCUT2D eigenvalue weighted by molar-refractivity contribution is 7.92. The van der Waals surface area contributed by atoms with Gasteiger partial charge in [0.1, 0.15) is 12.5 Å². The lowest BCUT2D eigenvalue weighted by atomic mass is 9.95. The molecule has 2 atom stereocenters. The minimum atomic E-state index is -3.71. The molecule has 0 aromatic heterocycles. The molecule has 32 heavy (non-hydrogen) atoms. The van der Waals surface area contributed by atoms with E-state index in [2.05, 4.69) is 15.6 Å². The normalized spacial score (nSPS) is 18.6. The van der Waals surface area contributed by atoms with Crippen LogP contribution in [0.2, 0.25) is 0 Å². The van der Waals surface area contributed by atoms with Crippen LogP contribution in [0.15, 0.2) is 53.4 Å². The van der Waals surface area contributed by atoms with Gasteiger partial charge in [0, 0.05) is 12.6 Å². The van der Waals surface area contributed by atoms with Crippen LogP contribution < -0.4 is 20.5 Å². The summed E-state index contributed by atoms with van der Waals surface area (Å²) in [6.07, 6.45) is 0.260. The highest BCUT2D eigenvalue weighted by Crippen LogP contribution is 2.18. The summed E-state index contributed by atoms with van der Waals surface area (Å²) >= 11 is 0. The lowest BCUT2D eigenvalue weighted by Crippen LogP contribution is -3.15. The lowest BCUT2D eigenvalue weighted by Gasteiger charge is -2.27. The van der Waals surface area contributed by atoms with Crippen LogP contribution in [0, 0.1) is 12.8 Å². The number of aryl methyl sites for hydroxylation is 1. The van der Waals surface area contributed by atoms with Crippen molar-refractivity contribution in [2.75, 3.05) is 29.8 Å². The summed E-state index contributed by atoms with van der Waals surface area (Å²) in [6.45, 7) is 4.50. The first-order valence-electron chi connectivity index (χ1n) is 10.3. The average molecular weight is 460 g/mol. The molecular weight excluding hydrogens is 432 g/mol. The van der Waals surface area contributed by atoms with Gasteiger partial charge in [-0.3, -0.25) is 30.0 Å². The number of piperidine rings is 1. The Bertz CT molecular complexity index is 1100. The molecule has 1 heterocycles. The monoisotopic (exact) mass is 459 g/mol. The van der Waals surface area contributed by atoms with Crippen molar-refractivity contribution in [1.82, 2.24) is 5.43 Å². The largest absolute Gasteiger partial charge is 0.327 e. The second-order valence-electron chi connectivity index (χ2n) is 7.96. The molecule has 1 aliphatic heterocycles. The van der Waals surface area contributed by atoms with Gasteiger partial charge in [-0.25, -0.2) is 8.42 Å². The standard InChI is InChI=1S/C22H26N4O5S/c1-15-3-9-19(10-4-15)32(30,31)25-18-7-5-17(6-8-18)23-24-22(29)20-14-26(13-16(2)27)12-11-21(20)28/h3-10,20,23,25H,11-14H2,1-2H3,(H,24,29)/p+1. The number of ketones is 2. The summed E-state index contributed by atoms with van der Waals surface area (Å²) < 4.78 is 27.5. The molecule has 1 aliphatic rings. The van der Waals surface area contributed by atoms with Gasteiger partial charge in [-0.05, 0) is 43.3 Å². The van der Waals surface area contributed by atoms with E-state index in [4.69, 9.17) is 0 Å². The van der Waals surface area contributed by atoms with Gasteiger partial charge in [-0.15, -0.1) is 0 Å². The van der Waals surface area contributed by atoms with Crippen molar-refractivity contribution in [2.45, 2.75) is 25.2 Å². The zero-order chi connectivity index (χ0) is 23.3. The van der Waals surface area contributed by atoms with Crippen molar-refractivity contribution in [3.05, 3.63) is 54.1 Å².